The highest BCUT2D eigenvalue weighted by Crippen LogP contribution is 2.23. The van der Waals surface area contributed by atoms with Gasteiger partial charge in [-0.2, -0.15) is 0 Å². The zero-order valence-corrected chi connectivity index (χ0v) is 18.5. The zero-order valence-electron chi connectivity index (χ0n) is 18.5. The lowest BCUT2D eigenvalue weighted by molar-refractivity contribution is -0.131. The molecule has 0 amide bonds. The first-order chi connectivity index (χ1) is 16.6. The third kappa shape index (κ3) is 4.34. The van der Waals surface area contributed by atoms with Crippen molar-refractivity contribution in [3.05, 3.63) is 119 Å². The molecular formula is C28H21N3O3. The van der Waals surface area contributed by atoms with Gasteiger partial charge in [0.25, 0.3) is 5.56 Å². The molecule has 2 heterocycles. The Balaban J connectivity index is 1.60. The minimum atomic E-state index is -0.378. The molecule has 5 aromatic rings. The summed E-state index contributed by atoms with van der Waals surface area (Å²) in [4.78, 5) is 33.9. The molecule has 166 valence electrons. The van der Waals surface area contributed by atoms with E-state index >= 15 is 0 Å². The van der Waals surface area contributed by atoms with E-state index in [0.29, 0.717) is 29.0 Å². The summed E-state index contributed by atoms with van der Waals surface area (Å²) in [5.74, 6) is 0.0825. The second-order valence-corrected chi connectivity index (χ2v) is 7.88. The van der Waals surface area contributed by atoms with E-state index in [4.69, 9.17) is 4.74 Å². The van der Waals surface area contributed by atoms with Gasteiger partial charge in [0.05, 0.1) is 5.69 Å². The Labute approximate surface area is 196 Å². The first-order valence-corrected chi connectivity index (χ1v) is 10.9. The average Bonchev–Trinajstić information content (AvgIpc) is 2.86. The molecule has 0 saturated heterocycles. The molecule has 0 fully saturated rings. The summed E-state index contributed by atoms with van der Waals surface area (Å²) in [6.45, 7) is 1.36. The molecule has 0 aliphatic carbocycles. The molecule has 5 rings (SSSR count). The summed E-state index contributed by atoms with van der Waals surface area (Å²) in [5, 5.41) is 0. The van der Waals surface area contributed by atoms with Crippen LogP contribution in [0.4, 0.5) is 0 Å². The number of rotatable bonds is 5. The van der Waals surface area contributed by atoms with Crippen molar-refractivity contribution in [1.29, 1.82) is 0 Å². The summed E-state index contributed by atoms with van der Waals surface area (Å²) < 4.78 is 6.72. The standard InChI is InChI=1S/C28H21N3O3/c1-19(32)34-24-14-12-20(13-15-24)17-26-28(33)31(27-25(30-26)11-6-16-29-27)23-10-5-9-22(18-23)21-7-3-2-4-8-21/h2-16,18H,17H2,1H3. The topological polar surface area (TPSA) is 74.1 Å². The maximum absolute atomic E-state index is 13.6. The summed E-state index contributed by atoms with van der Waals surface area (Å²) >= 11 is 0. The smallest absolute Gasteiger partial charge is 0.308 e. The van der Waals surface area contributed by atoms with Crippen molar-refractivity contribution in [3.8, 4) is 22.6 Å². The van der Waals surface area contributed by atoms with Gasteiger partial charge in [-0.25, -0.2) is 9.97 Å². The Hall–Kier alpha value is -4.58. The molecule has 0 aliphatic heterocycles. The van der Waals surface area contributed by atoms with Crippen LogP contribution in [0.1, 0.15) is 18.2 Å². The van der Waals surface area contributed by atoms with Crippen LogP contribution in [-0.4, -0.2) is 20.5 Å². The van der Waals surface area contributed by atoms with Crippen molar-refractivity contribution in [1.82, 2.24) is 14.5 Å². The molecule has 6 heteroatoms. The maximum atomic E-state index is 13.6. The Morgan fingerprint density at radius 1 is 0.882 bits per heavy atom. The fraction of sp³-hybridized carbons (Fsp3) is 0.0714. The number of carbonyl (C=O) groups excluding carboxylic acids is 1. The van der Waals surface area contributed by atoms with E-state index in [1.54, 1.807) is 22.9 Å². The van der Waals surface area contributed by atoms with Crippen LogP contribution in [0.3, 0.4) is 0 Å². The number of benzene rings is 3. The second kappa shape index (κ2) is 9.11. The SMILES string of the molecule is CC(=O)Oc1ccc(Cc2nc3cccnc3n(-c3cccc(-c4ccccc4)c3)c2=O)cc1. The lowest BCUT2D eigenvalue weighted by atomic mass is 10.1. The number of carbonyl (C=O) groups is 1. The lowest BCUT2D eigenvalue weighted by Crippen LogP contribution is -2.25. The van der Waals surface area contributed by atoms with E-state index in [1.807, 2.05) is 78.9 Å². The van der Waals surface area contributed by atoms with E-state index in [2.05, 4.69) is 9.97 Å². The number of nitrogens with zero attached hydrogens (tertiary/aromatic N) is 3. The highest BCUT2D eigenvalue weighted by molar-refractivity contribution is 5.74. The van der Waals surface area contributed by atoms with Crippen LogP contribution in [0.15, 0.2) is 102 Å². The molecule has 0 radical (unpaired) electrons. The van der Waals surface area contributed by atoms with Crippen LogP contribution in [0, 0.1) is 0 Å². The Morgan fingerprint density at radius 3 is 2.41 bits per heavy atom. The van der Waals surface area contributed by atoms with Gasteiger partial charge >= 0.3 is 5.97 Å². The lowest BCUT2D eigenvalue weighted by Gasteiger charge is -2.13. The largest absolute Gasteiger partial charge is 0.427 e. The molecule has 0 unspecified atom stereocenters. The Morgan fingerprint density at radius 2 is 1.65 bits per heavy atom. The molecule has 0 saturated carbocycles. The molecule has 0 aliphatic rings. The number of fused-ring (bicyclic) bond motifs is 1. The molecule has 0 bridgehead atoms. The summed E-state index contributed by atoms with van der Waals surface area (Å²) in [6.07, 6.45) is 2.00. The van der Waals surface area contributed by atoms with Crippen LogP contribution in [0.2, 0.25) is 0 Å². The van der Waals surface area contributed by atoms with Crippen LogP contribution in [-0.2, 0) is 11.2 Å². The maximum Gasteiger partial charge on any atom is 0.308 e. The van der Waals surface area contributed by atoms with Gasteiger partial charge in [0.2, 0.25) is 0 Å². The van der Waals surface area contributed by atoms with Gasteiger partial charge in [0.15, 0.2) is 5.65 Å². The third-order valence-electron chi connectivity index (χ3n) is 5.45. The minimum absolute atomic E-state index is 0.222. The molecule has 0 spiro atoms. The predicted octanol–water partition coefficient (Wildman–Crippen LogP) is 4.96. The third-order valence-corrected chi connectivity index (χ3v) is 5.45. The summed E-state index contributed by atoms with van der Waals surface area (Å²) in [7, 11) is 0. The zero-order chi connectivity index (χ0) is 23.5. The van der Waals surface area contributed by atoms with Crippen LogP contribution in [0.5, 0.6) is 5.75 Å². The van der Waals surface area contributed by atoms with Crippen LogP contribution < -0.4 is 10.3 Å². The van der Waals surface area contributed by atoms with Crippen LogP contribution in [0.25, 0.3) is 28.0 Å². The first-order valence-electron chi connectivity index (χ1n) is 10.9. The quantitative estimate of drug-likeness (QED) is 0.281. The highest BCUT2D eigenvalue weighted by atomic mass is 16.5. The van der Waals surface area contributed by atoms with Crippen LogP contribution >= 0.6 is 0 Å². The van der Waals surface area contributed by atoms with Crippen molar-refractivity contribution >= 4 is 17.1 Å². The molecule has 2 aromatic heterocycles. The van der Waals surface area contributed by atoms with Gasteiger partial charge in [-0.15, -0.1) is 0 Å². The van der Waals surface area contributed by atoms with Gasteiger partial charge in [-0.05, 0) is 53.1 Å². The van der Waals surface area contributed by atoms with E-state index < -0.39 is 0 Å². The van der Waals surface area contributed by atoms with Crippen molar-refractivity contribution in [2.24, 2.45) is 0 Å². The monoisotopic (exact) mass is 447 g/mol. The van der Waals surface area contributed by atoms with Gasteiger partial charge in [0, 0.05) is 19.5 Å². The van der Waals surface area contributed by atoms with Gasteiger partial charge < -0.3 is 4.74 Å². The molecule has 6 nitrogen and oxygen atoms in total. The number of esters is 1. The Bertz CT molecular complexity index is 1540. The summed E-state index contributed by atoms with van der Waals surface area (Å²) in [6, 6.07) is 28.6. The van der Waals surface area contributed by atoms with Gasteiger partial charge in [-0.3, -0.25) is 14.2 Å². The van der Waals surface area contributed by atoms with Crippen molar-refractivity contribution in [3.63, 3.8) is 0 Å². The van der Waals surface area contributed by atoms with Gasteiger partial charge in [0.1, 0.15) is 17.0 Å². The number of hydrogen-bond donors (Lipinski definition) is 0. The predicted molar refractivity (Wildman–Crippen MR) is 131 cm³/mol. The van der Waals surface area contributed by atoms with E-state index in [1.165, 1.54) is 6.92 Å². The molecule has 3 aromatic carbocycles. The number of hydrogen-bond acceptors (Lipinski definition) is 5. The second-order valence-electron chi connectivity index (χ2n) is 7.88. The Kier molecular flexibility index (Phi) is 5.70. The average molecular weight is 447 g/mol. The number of aromatic nitrogens is 3. The molecule has 0 atom stereocenters. The fourth-order valence-corrected chi connectivity index (χ4v) is 3.91. The van der Waals surface area contributed by atoms with Crippen molar-refractivity contribution in [2.45, 2.75) is 13.3 Å². The summed E-state index contributed by atoms with van der Waals surface area (Å²) in [5.41, 5.74) is 5.01. The molecule has 0 N–H and O–H groups in total. The molecular weight excluding hydrogens is 426 g/mol. The van der Waals surface area contributed by atoms with Crippen molar-refractivity contribution in [2.75, 3.05) is 0 Å². The van der Waals surface area contributed by atoms with Gasteiger partial charge in [-0.1, -0.05) is 54.6 Å². The highest BCUT2D eigenvalue weighted by Gasteiger charge is 2.15. The number of ether oxygens (including phenoxy) is 1. The van der Waals surface area contributed by atoms with Crippen molar-refractivity contribution < 1.29 is 9.53 Å². The fourth-order valence-electron chi connectivity index (χ4n) is 3.91. The van der Waals surface area contributed by atoms with E-state index in [0.717, 1.165) is 22.4 Å². The number of pyridine rings is 1. The molecule has 34 heavy (non-hydrogen) atoms. The minimum Gasteiger partial charge on any atom is -0.427 e. The first kappa shape index (κ1) is 21.3. The normalized spacial score (nSPS) is 10.9. The van der Waals surface area contributed by atoms with E-state index in [9.17, 15) is 9.59 Å². The van der Waals surface area contributed by atoms with E-state index in [-0.39, 0.29) is 11.5 Å².